The van der Waals surface area contributed by atoms with Crippen LogP contribution in [0.5, 0.6) is 0 Å². The predicted octanol–water partition coefficient (Wildman–Crippen LogP) is 17.7. The molecule has 19 aliphatic rings. The van der Waals surface area contributed by atoms with Gasteiger partial charge in [-0.2, -0.15) is 0 Å². The molecule has 0 aromatic carbocycles. The van der Waals surface area contributed by atoms with Gasteiger partial charge in [0, 0.05) is 18.3 Å². The summed E-state index contributed by atoms with van der Waals surface area (Å²) in [5.74, 6) is 6.95. The summed E-state index contributed by atoms with van der Waals surface area (Å²) < 4.78 is 40.8. The van der Waals surface area contributed by atoms with E-state index in [0.29, 0.717) is 74.5 Å². The van der Waals surface area contributed by atoms with Crippen LogP contribution in [0.25, 0.3) is 0 Å². The Bertz CT molecular complexity index is 1980. The van der Waals surface area contributed by atoms with Crippen LogP contribution < -0.4 is 0 Å². The topological polar surface area (TPSA) is 193 Å². The molecule has 15 nitrogen and oxygen atoms in total. The fraction of sp³-hybridized carbons (Fsp3) is 0.907. The van der Waals surface area contributed by atoms with E-state index in [1.165, 1.54) is 83.5 Å². The molecule has 0 aromatic heterocycles. The molecule has 2 spiro atoms. The number of carbonyl (C=O) groups excluding carboxylic acids is 7. The maximum Gasteiger partial charge on any atom is 0.312 e. The lowest BCUT2D eigenvalue weighted by Crippen LogP contribution is -2.39. The number of carbonyl (C=O) groups is 7. The number of fused-ring (bicyclic) bond motifs is 8. The van der Waals surface area contributed by atoms with Gasteiger partial charge in [-0.3, -0.25) is 33.6 Å². The molecule has 0 amide bonds. The van der Waals surface area contributed by atoms with E-state index in [9.17, 15) is 33.6 Å². The standard InChI is InChI=1S/2C10H14O2.C9H14O2.C8H10O2.2C7H10O2.C6H8O3.9C2H6/c11-10-8-2-6-1-7(3-8)5-9(4-6)12-10;11-9-10(3-4-12-9)6-7-1-2-8(10)5-7;10-8-9(6-7-11-8)4-2-1-3-5-9;9-8-6-2-5-1-4(6)3-7(5)10-8;8-7-6-3-1-2-5(6)4-9-7;8-7-4-5-2-1-3-6(5)9-7;7-6-3-5-4(9-6)1-2-8-5;9*1-2/h6-9H,1-5H2;7-8H,1-6H2;1-7H2;4-7H,1-3H2;2*5-6H,1-4H2;4-5H,1-3H2;9*1-2H3. The van der Waals surface area contributed by atoms with Gasteiger partial charge in [-0.15, -0.1) is 0 Å². The maximum atomic E-state index is 11.6. The second-order valence-electron chi connectivity index (χ2n) is 25.1. The Morgan fingerprint density at radius 2 is 0.956 bits per heavy atom. The van der Waals surface area contributed by atoms with Crippen molar-refractivity contribution in [2.45, 2.75) is 335 Å². The van der Waals surface area contributed by atoms with Crippen molar-refractivity contribution in [3.63, 3.8) is 0 Å². The Hall–Kier alpha value is -3.75. The number of esters is 7. The third-order valence-corrected chi connectivity index (χ3v) is 20.8. The van der Waals surface area contributed by atoms with Gasteiger partial charge in [0.25, 0.3) is 0 Å². The van der Waals surface area contributed by atoms with E-state index in [1.54, 1.807) is 0 Å². The van der Waals surface area contributed by atoms with Gasteiger partial charge in [0.1, 0.15) is 30.5 Å². The Balaban J connectivity index is 0.000000344. The second-order valence-corrected chi connectivity index (χ2v) is 25.1. The van der Waals surface area contributed by atoms with E-state index in [1.807, 2.05) is 125 Å². The molecule has 10 bridgehead atoms. The van der Waals surface area contributed by atoms with Gasteiger partial charge in [-0.05, 0) is 164 Å². The molecule has 0 aromatic rings. The number of rotatable bonds is 0. The van der Waals surface area contributed by atoms with E-state index >= 15 is 0 Å². The van der Waals surface area contributed by atoms with Crippen molar-refractivity contribution in [1.82, 2.24) is 0 Å². The molecule has 10 aliphatic heterocycles. The van der Waals surface area contributed by atoms with E-state index < -0.39 is 0 Å². The van der Waals surface area contributed by atoms with Crippen LogP contribution >= 0.6 is 0 Å². The average Bonchev–Trinajstić information content (AvgIpc) is 1.72. The predicted molar refractivity (Wildman–Crippen MR) is 357 cm³/mol. The zero-order valence-corrected chi connectivity index (χ0v) is 60.5. The zero-order chi connectivity index (χ0) is 67.6. The first-order valence-corrected chi connectivity index (χ1v) is 37.8. The van der Waals surface area contributed by atoms with E-state index in [-0.39, 0.29) is 82.8 Å². The number of ether oxygens (including phenoxy) is 8. The molecule has 15 unspecified atom stereocenters. The zero-order valence-electron chi connectivity index (χ0n) is 60.5. The first-order valence-electron chi connectivity index (χ1n) is 37.8. The lowest BCUT2D eigenvalue weighted by atomic mass is 9.68. The summed E-state index contributed by atoms with van der Waals surface area (Å²) in [4.78, 5) is 77.4. The molecular weight excluding hydrogens is 1140 g/mol. The van der Waals surface area contributed by atoms with Crippen LogP contribution in [-0.2, 0) is 71.5 Å². The normalized spacial score (nSPS) is 36.0. The molecule has 10 saturated heterocycles. The summed E-state index contributed by atoms with van der Waals surface area (Å²) >= 11 is 0. The summed E-state index contributed by atoms with van der Waals surface area (Å²) in [6.07, 6.45) is 32.6. The average molecular weight is 1280 g/mol. The quantitative estimate of drug-likeness (QED) is 0.164. The minimum Gasteiger partial charge on any atom is -0.465 e. The molecule has 19 fully saturated rings. The van der Waals surface area contributed by atoms with Crippen molar-refractivity contribution in [1.29, 1.82) is 0 Å². The minimum absolute atomic E-state index is 0.00289. The minimum atomic E-state index is -0.107. The fourth-order valence-electron chi connectivity index (χ4n) is 17.1. The number of hydrogen-bond donors (Lipinski definition) is 0. The highest BCUT2D eigenvalue weighted by Gasteiger charge is 2.59. The van der Waals surface area contributed by atoms with Crippen LogP contribution in [0.3, 0.4) is 0 Å². The monoisotopic (exact) mass is 1270 g/mol. The van der Waals surface area contributed by atoms with Crippen LogP contribution in [0.15, 0.2) is 0 Å². The summed E-state index contributed by atoms with van der Waals surface area (Å²) in [5, 5.41) is 0. The van der Waals surface area contributed by atoms with E-state index in [2.05, 4.69) is 0 Å². The van der Waals surface area contributed by atoms with Crippen molar-refractivity contribution in [3.8, 4) is 0 Å². The van der Waals surface area contributed by atoms with Gasteiger partial charge in [-0.1, -0.05) is 157 Å². The molecule has 9 aliphatic carbocycles. The van der Waals surface area contributed by atoms with Crippen LogP contribution in [0.1, 0.15) is 304 Å². The molecule has 90 heavy (non-hydrogen) atoms. The Morgan fingerprint density at radius 1 is 0.356 bits per heavy atom. The molecule has 9 saturated carbocycles. The van der Waals surface area contributed by atoms with Gasteiger partial charge < -0.3 is 37.9 Å². The molecule has 15 atom stereocenters. The van der Waals surface area contributed by atoms with E-state index in [0.717, 1.165) is 114 Å². The van der Waals surface area contributed by atoms with Crippen LogP contribution in [-0.4, -0.2) is 98.7 Å². The van der Waals surface area contributed by atoms with Gasteiger partial charge in [-0.25, -0.2) is 0 Å². The number of hydrogen-bond acceptors (Lipinski definition) is 15. The molecular formula is C75H134O15. The Morgan fingerprint density at radius 3 is 1.47 bits per heavy atom. The lowest BCUT2D eigenvalue weighted by molar-refractivity contribution is -0.169. The van der Waals surface area contributed by atoms with Gasteiger partial charge >= 0.3 is 41.8 Å². The molecule has 19 rings (SSSR count). The van der Waals surface area contributed by atoms with E-state index in [4.69, 9.17) is 37.9 Å². The Labute approximate surface area is 548 Å². The molecule has 0 N–H and O–H groups in total. The lowest BCUT2D eigenvalue weighted by Gasteiger charge is -2.35. The van der Waals surface area contributed by atoms with Crippen LogP contribution in [0.2, 0.25) is 0 Å². The first kappa shape index (κ1) is 82.3. The van der Waals surface area contributed by atoms with Crippen molar-refractivity contribution in [2.75, 3.05) is 26.4 Å². The van der Waals surface area contributed by atoms with Crippen molar-refractivity contribution < 1.29 is 71.5 Å². The summed E-state index contributed by atoms with van der Waals surface area (Å²) in [6, 6.07) is 0. The highest BCUT2D eigenvalue weighted by molar-refractivity contribution is 5.80. The molecule has 15 heteroatoms. The van der Waals surface area contributed by atoms with Gasteiger partial charge in [0.2, 0.25) is 0 Å². The molecule has 10 heterocycles. The first-order chi connectivity index (χ1) is 43.9. The van der Waals surface area contributed by atoms with Gasteiger partial charge in [0.15, 0.2) is 0 Å². The third-order valence-electron chi connectivity index (χ3n) is 20.8. The summed E-state index contributed by atoms with van der Waals surface area (Å²) in [7, 11) is 0. The highest BCUT2D eigenvalue weighted by Crippen LogP contribution is 2.60. The molecule has 0 radical (unpaired) electrons. The fourth-order valence-corrected chi connectivity index (χ4v) is 17.1. The smallest absolute Gasteiger partial charge is 0.312 e. The second kappa shape index (κ2) is 44.0. The SMILES string of the molecule is CC.CC.CC.CC.CC.CC.CC.CC.CC.O=C1CC2CCCC2O1.O=C1CC2OCCC2O1.O=C1OC2CC3CC(C2)CC1C3.O=C1OC2CC3CC2CC13.O=C1OCC2CCCC12.O=C1OCCC12CC1CCC2C1.O=C1OCCC12CCCCC2. The maximum absolute atomic E-state index is 11.6. The number of cyclic esters (lactones) is 3. The Kier molecular flexibility index (Phi) is 40.3. The van der Waals surface area contributed by atoms with Crippen LogP contribution in [0.4, 0.5) is 0 Å². The van der Waals surface area contributed by atoms with Crippen molar-refractivity contribution >= 4 is 41.8 Å². The molecule has 524 valence electrons. The van der Waals surface area contributed by atoms with Crippen molar-refractivity contribution in [2.24, 2.45) is 75.9 Å². The summed E-state index contributed by atoms with van der Waals surface area (Å²) in [5.41, 5.74) is -0.0266. The van der Waals surface area contributed by atoms with Crippen LogP contribution in [0, 0.1) is 75.9 Å². The third kappa shape index (κ3) is 21.9. The highest BCUT2D eigenvalue weighted by atomic mass is 16.6. The summed E-state index contributed by atoms with van der Waals surface area (Å²) in [6.45, 7) is 38.8. The van der Waals surface area contributed by atoms with Crippen molar-refractivity contribution in [3.05, 3.63) is 0 Å². The van der Waals surface area contributed by atoms with Gasteiger partial charge in [0.05, 0.1) is 67.9 Å². The largest absolute Gasteiger partial charge is 0.465 e.